The Morgan fingerprint density at radius 2 is 2.00 bits per heavy atom. The molecule has 0 fully saturated rings. The Hall–Kier alpha value is -2.47. The largest absolute Gasteiger partial charge is 0.323 e. The van der Waals surface area contributed by atoms with Crippen molar-refractivity contribution >= 4 is 34.0 Å². The van der Waals surface area contributed by atoms with Crippen molar-refractivity contribution in [2.75, 3.05) is 10.6 Å². The molecule has 1 aromatic heterocycles. The molecule has 0 spiro atoms. The zero-order chi connectivity index (χ0) is 16.7. The zero-order valence-electron chi connectivity index (χ0n) is 13.0. The molecular weight excluding hydrogens is 310 g/mol. The number of aryl methyl sites for hydroxylation is 1. The van der Waals surface area contributed by atoms with Crippen LogP contribution in [0.1, 0.15) is 23.8 Å². The number of hydrogen-bond acceptors (Lipinski definition) is 4. The van der Waals surface area contributed by atoms with E-state index in [1.807, 2.05) is 12.1 Å². The summed E-state index contributed by atoms with van der Waals surface area (Å²) in [5.74, 6) is -0.368. The number of carbonyl (C=O) groups is 2. The van der Waals surface area contributed by atoms with E-state index >= 15 is 0 Å². The molecule has 23 heavy (non-hydrogen) atoms. The number of anilines is 2. The number of thiazole rings is 1. The summed E-state index contributed by atoms with van der Waals surface area (Å²) in [4.78, 5) is 28.6. The maximum Gasteiger partial charge on any atom is 0.247 e. The Bertz CT molecular complexity index is 692. The summed E-state index contributed by atoms with van der Waals surface area (Å²) >= 11 is 1.51. The summed E-state index contributed by atoms with van der Waals surface area (Å²) in [7, 11) is 0. The molecule has 6 heteroatoms. The molecule has 1 heterocycles. The van der Waals surface area contributed by atoms with E-state index in [4.69, 9.17) is 0 Å². The fraction of sp³-hybridized carbons (Fsp3) is 0.235. The molecule has 5 nitrogen and oxygen atoms in total. The van der Waals surface area contributed by atoms with Gasteiger partial charge in [0.05, 0.1) is 6.42 Å². The second-order valence-electron chi connectivity index (χ2n) is 5.00. The van der Waals surface area contributed by atoms with Crippen molar-refractivity contribution in [1.29, 1.82) is 0 Å². The molecule has 0 atom stereocenters. The Morgan fingerprint density at radius 1 is 1.26 bits per heavy atom. The molecule has 0 saturated heterocycles. The van der Waals surface area contributed by atoms with Gasteiger partial charge in [-0.05, 0) is 30.2 Å². The molecular formula is C17H19N3O2S. The first-order chi connectivity index (χ1) is 11.1. The van der Waals surface area contributed by atoms with E-state index in [9.17, 15) is 9.59 Å². The number of nitrogens with zero attached hydrogens (tertiary/aromatic N) is 1. The van der Waals surface area contributed by atoms with Gasteiger partial charge < -0.3 is 10.6 Å². The lowest BCUT2D eigenvalue weighted by atomic mass is 10.1. The van der Waals surface area contributed by atoms with Crippen molar-refractivity contribution in [3.8, 4) is 0 Å². The summed E-state index contributed by atoms with van der Waals surface area (Å²) < 4.78 is 0. The van der Waals surface area contributed by atoms with Gasteiger partial charge in [-0.3, -0.25) is 9.59 Å². The minimum absolute atomic E-state index is 0.106. The summed E-state index contributed by atoms with van der Waals surface area (Å²) in [6, 6.07) is 7.13. The zero-order valence-corrected chi connectivity index (χ0v) is 13.8. The highest BCUT2D eigenvalue weighted by atomic mass is 32.1. The van der Waals surface area contributed by atoms with Gasteiger partial charge in [0.15, 0.2) is 5.13 Å². The molecule has 2 aromatic rings. The van der Waals surface area contributed by atoms with E-state index in [2.05, 4.69) is 29.1 Å². The first-order valence-electron chi connectivity index (χ1n) is 7.37. The molecule has 1 aromatic carbocycles. The van der Waals surface area contributed by atoms with Gasteiger partial charge in [0, 0.05) is 16.8 Å². The first-order valence-corrected chi connectivity index (χ1v) is 8.19. The number of nitrogens with one attached hydrogen (secondary N) is 2. The van der Waals surface area contributed by atoms with Crippen LogP contribution in [0, 0.1) is 0 Å². The third kappa shape index (κ3) is 5.34. The van der Waals surface area contributed by atoms with Crippen molar-refractivity contribution in [3.63, 3.8) is 0 Å². The van der Waals surface area contributed by atoms with E-state index in [0.717, 1.165) is 18.4 Å². The molecule has 2 N–H and O–H groups in total. The van der Waals surface area contributed by atoms with Crippen LogP contribution in [0.15, 0.2) is 43.1 Å². The lowest BCUT2D eigenvalue weighted by Gasteiger charge is -2.05. The van der Waals surface area contributed by atoms with Crippen molar-refractivity contribution in [3.05, 3.63) is 53.6 Å². The Balaban J connectivity index is 1.89. The lowest BCUT2D eigenvalue weighted by molar-refractivity contribution is -0.115. The average Bonchev–Trinajstić information content (AvgIpc) is 2.96. The van der Waals surface area contributed by atoms with E-state index in [0.29, 0.717) is 10.8 Å². The summed E-state index contributed by atoms with van der Waals surface area (Å²) in [6.45, 7) is 5.51. The summed E-state index contributed by atoms with van der Waals surface area (Å²) in [5.41, 5.74) is 1.53. The maximum absolute atomic E-state index is 12.0. The van der Waals surface area contributed by atoms with Crippen LogP contribution in [0.5, 0.6) is 0 Å². The van der Waals surface area contributed by atoms with Gasteiger partial charge in [-0.25, -0.2) is 4.98 Å². The molecule has 0 aliphatic heterocycles. The highest BCUT2D eigenvalue weighted by Crippen LogP contribution is 2.19. The highest BCUT2D eigenvalue weighted by Gasteiger charge is 2.08. The standard InChI is InChI=1S/C17H19N3O2S/c1-3-5-14-11-18-17(23-14)20-16(22)10-12-6-8-13(9-7-12)19-15(21)4-2/h4,6-9,11H,2-3,5,10H2,1H3,(H,19,21)(H,18,20,22). The minimum atomic E-state index is -0.262. The van der Waals surface area contributed by atoms with Gasteiger partial charge in [-0.15, -0.1) is 11.3 Å². The van der Waals surface area contributed by atoms with E-state index in [-0.39, 0.29) is 18.2 Å². The Labute approximate surface area is 139 Å². The van der Waals surface area contributed by atoms with Crippen LogP contribution >= 0.6 is 11.3 Å². The second kappa shape index (κ2) is 8.24. The predicted molar refractivity (Wildman–Crippen MR) is 93.7 cm³/mol. The molecule has 120 valence electrons. The van der Waals surface area contributed by atoms with Crippen molar-refractivity contribution < 1.29 is 9.59 Å². The van der Waals surface area contributed by atoms with Gasteiger partial charge in [0.25, 0.3) is 0 Å². The van der Waals surface area contributed by atoms with Crippen LogP contribution in [0.2, 0.25) is 0 Å². The van der Waals surface area contributed by atoms with Crippen LogP contribution in [-0.2, 0) is 22.4 Å². The topological polar surface area (TPSA) is 71.1 Å². The molecule has 2 amide bonds. The van der Waals surface area contributed by atoms with Crippen LogP contribution in [0.25, 0.3) is 0 Å². The van der Waals surface area contributed by atoms with Crippen molar-refractivity contribution in [2.45, 2.75) is 26.2 Å². The summed E-state index contributed by atoms with van der Waals surface area (Å²) in [5, 5.41) is 6.10. The monoisotopic (exact) mass is 329 g/mol. The molecule has 2 rings (SSSR count). The predicted octanol–water partition coefficient (Wildman–Crippen LogP) is 3.40. The number of rotatable bonds is 7. The normalized spacial score (nSPS) is 10.1. The first kappa shape index (κ1) is 16.9. The molecule has 0 bridgehead atoms. The second-order valence-corrected chi connectivity index (χ2v) is 6.11. The van der Waals surface area contributed by atoms with Crippen LogP contribution in [0.3, 0.4) is 0 Å². The van der Waals surface area contributed by atoms with Crippen LogP contribution in [-0.4, -0.2) is 16.8 Å². The molecule has 0 unspecified atom stereocenters. The molecule has 0 saturated carbocycles. The number of hydrogen-bond donors (Lipinski definition) is 2. The lowest BCUT2D eigenvalue weighted by Crippen LogP contribution is -2.14. The number of carbonyl (C=O) groups excluding carboxylic acids is 2. The average molecular weight is 329 g/mol. The maximum atomic E-state index is 12.0. The third-order valence-corrected chi connectivity index (χ3v) is 4.04. The van der Waals surface area contributed by atoms with Crippen LogP contribution < -0.4 is 10.6 Å². The number of benzene rings is 1. The van der Waals surface area contributed by atoms with Crippen LogP contribution in [0.4, 0.5) is 10.8 Å². The quantitative estimate of drug-likeness (QED) is 0.765. The summed E-state index contributed by atoms with van der Waals surface area (Å²) in [6.07, 6.45) is 5.32. The molecule has 0 radical (unpaired) electrons. The number of aromatic nitrogens is 1. The number of amides is 2. The molecule has 0 aliphatic rings. The Kier molecular flexibility index (Phi) is 6.05. The van der Waals surface area contributed by atoms with E-state index in [1.54, 1.807) is 18.3 Å². The smallest absolute Gasteiger partial charge is 0.247 e. The minimum Gasteiger partial charge on any atom is -0.323 e. The fourth-order valence-corrected chi connectivity index (χ4v) is 2.91. The third-order valence-electron chi connectivity index (χ3n) is 3.07. The van der Waals surface area contributed by atoms with Crippen molar-refractivity contribution in [2.24, 2.45) is 0 Å². The van der Waals surface area contributed by atoms with E-state index in [1.165, 1.54) is 22.3 Å². The van der Waals surface area contributed by atoms with Crippen molar-refractivity contribution in [1.82, 2.24) is 4.98 Å². The fourth-order valence-electron chi connectivity index (χ4n) is 1.98. The van der Waals surface area contributed by atoms with E-state index < -0.39 is 0 Å². The highest BCUT2D eigenvalue weighted by molar-refractivity contribution is 7.15. The van der Waals surface area contributed by atoms with Gasteiger partial charge in [0.1, 0.15) is 0 Å². The van der Waals surface area contributed by atoms with Gasteiger partial charge in [-0.1, -0.05) is 32.1 Å². The van der Waals surface area contributed by atoms with Gasteiger partial charge in [0.2, 0.25) is 11.8 Å². The Morgan fingerprint density at radius 3 is 2.65 bits per heavy atom. The van der Waals surface area contributed by atoms with Gasteiger partial charge >= 0.3 is 0 Å². The SMILES string of the molecule is C=CC(=O)Nc1ccc(CC(=O)Nc2ncc(CCC)s2)cc1. The van der Waals surface area contributed by atoms with Gasteiger partial charge in [-0.2, -0.15) is 0 Å². The molecule has 0 aliphatic carbocycles.